The highest BCUT2D eigenvalue weighted by atomic mass is 16.2. The molecular weight excluding hydrogens is 242 g/mol. The molecule has 0 aromatic carbocycles. The summed E-state index contributed by atoms with van der Waals surface area (Å²) >= 11 is 0. The van der Waals surface area contributed by atoms with Crippen LogP contribution in [0.2, 0.25) is 0 Å². The fraction of sp³-hybridized carbons (Fsp3) is 0.538. The standard InChI is InChI=1S/C13H19N5O/c14-17-12-9(3-1-5-15-12)8-18-6-2-4-10-11(18)7-16-13(10)19/h1,3,5,10-11H,2,4,6-8,14H2,(H,15,17)(H,16,19). The van der Waals surface area contributed by atoms with Gasteiger partial charge in [0.1, 0.15) is 5.82 Å². The lowest BCUT2D eigenvalue weighted by Crippen LogP contribution is -2.45. The van der Waals surface area contributed by atoms with Crippen LogP contribution in [0.3, 0.4) is 0 Å². The van der Waals surface area contributed by atoms with E-state index in [1.165, 1.54) is 0 Å². The third kappa shape index (κ3) is 2.29. The van der Waals surface area contributed by atoms with E-state index in [4.69, 9.17) is 5.84 Å². The van der Waals surface area contributed by atoms with Gasteiger partial charge in [0, 0.05) is 30.9 Å². The molecule has 2 aliphatic heterocycles. The number of hydrazine groups is 1. The molecule has 6 heteroatoms. The maximum atomic E-state index is 11.7. The van der Waals surface area contributed by atoms with E-state index in [9.17, 15) is 4.79 Å². The number of nitrogens with one attached hydrogen (secondary N) is 2. The Labute approximate surface area is 112 Å². The quantitative estimate of drug-likeness (QED) is 0.530. The minimum atomic E-state index is 0.153. The van der Waals surface area contributed by atoms with Gasteiger partial charge >= 0.3 is 0 Å². The van der Waals surface area contributed by atoms with Gasteiger partial charge in [-0.25, -0.2) is 10.8 Å². The van der Waals surface area contributed by atoms with Gasteiger partial charge in [0.05, 0.1) is 5.92 Å². The summed E-state index contributed by atoms with van der Waals surface area (Å²) in [5.74, 6) is 6.56. The smallest absolute Gasteiger partial charge is 0.224 e. The van der Waals surface area contributed by atoms with E-state index in [-0.39, 0.29) is 11.8 Å². The lowest BCUT2D eigenvalue weighted by Gasteiger charge is -2.36. The summed E-state index contributed by atoms with van der Waals surface area (Å²) in [7, 11) is 0. The summed E-state index contributed by atoms with van der Waals surface area (Å²) in [4.78, 5) is 18.3. The van der Waals surface area contributed by atoms with Crippen molar-refractivity contribution in [2.45, 2.75) is 25.4 Å². The molecule has 3 heterocycles. The van der Waals surface area contributed by atoms with Crippen LogP contribution in [-0.2, 0) is 11.3 Å². The highest BCUT2D eigenvalue weighted by Crippen LogP contribution is 2.29. The first-order valence-electron chi connectivity index (χ1n) is 6.72. The number of nitrogens with zero attached hydrogens (tertiary/aromatic N) is 2. The number of carbonyl (C=O) groups is 1. The average molecular weight is 261 g/mol. The number of aromatic nitrogens is 1. The molecule has 19 heavy (non-hydrogen) atoms. The second kappa shape index (κ2) is 5.14. The van der Waals surface area contributed by atoms with Gasteiger partial charge in [-0.2, -0.15) is 0 Å². The van der Waals surface area contributed by atoms with Crippen molar-refractivity contribution >= 4 is 11.7 Å². The Morgan fingerprint density at radius 2 is 2.47 bits per heavy atom. The van der Waals surface area contributed by atoms with Crippen LogP contribution >= 0.6 is 0 Å². The number of carbonyl (C=O) groups excluding carboxylic acids is 1. The van der Waals surface area contributed by atoms with Gasteiger partial charge in [-0.3, -0.25) is 9.69 Å². The molecule has 0 aliphatic carbocycles. The Balaban J connectivity index is 1.77. The van der Waals surface area contributed by atoms with Crippen molar-refractivity contribution in [3.8, 4) is 0 Å². The summed E-state index contributed by atoms with van der Waals surface area (Å²) in [5, 5.41) is 2.97. The van der Waals surface area contributed by atoms with Gasteiger partial charge in [-0.1, -0.05) is 6.07 Å². The number of hydrogen-bond donors (Lipinski definition) is 3. The molecule has 0 radical (unpaired) electrons. The zero-order valence-corrected chi connectivity index (χ0v) is 10.8. The Hall–Kier alpha value is -1.66. The first-order chi connectivity index (χ1) is 9.29. The van der Waals surface area contributed by atoms with Crippen LogP contribution in [0, 0.1) is 5.92 Å². The molecule has 4 N–H and O–H groups in total. The lowest BCUT2D eigenvalue weighted by molar-refractivity contribution is -0.124. The molecule has 2 fully saturated rings. The van der Waals surface area contributed by atoms with E-state index in [0.29, 0.717) is 11.9 Å². The van der Waals surface area contributed by atoms with Gasteiger partial charge in [0.25, 0.3) is 0 Å². The number of pyridine rings is 1. The second-order valence-corrected chi connectivity index (χ2v) is 5.19. The van der Waals surface area contributed by atoms with E-state index < -0.39 is 0 Å². The first-order valence-corrected chi connectivity index (χ1v) is 6.72. The van der Waals surface area contributed by atoms with Crippen molar-refractivity contribution in [3.63, 3.8) is 0 Å². The fourth-order valence-corrected chi connectivity index (χ4v) is 3.15. The Morgan fingerprint density at radius 1 is 1.58 bits per heavy atom. The molecule has 0 bridgehead atoms. The number of rotatable bonds is 3. The van der Waals surface area contributed by atoms with Gasteiger partial charge < -0.3 is 10.7 Å². The van der Waals surface area contributed by atoms with Crippen molar-refractivity contribution in [2.24, 2.45) is 11.8 Å². The predicted octanol–water partition coefficient (Wildman–Crippen LogP) is 0.0776. The summed E-state index contributed by atoms with van der Waals surface area (Å²) in [6.45, 7) is 2.56. The fourth-order valence-electron chi connectivity index (χ4n) is 3.15. The molecule has 6 nitrogen and oxygen atoms in total. The zero-order valence-electron chi connectivity index (χ0n) is 10.8. The Morgan fingerprint density at radius 3 is 3.32 bits per heavy atom. The van der Waals surface area contributed by atoms with E-state index in [1.54, 1.807) is 6.20 Å². The van der Waals surface area contributed by atoms with Crippen LogP contribution in [-0.4, -0.2) is 34.9 Å². The molecule has 2 atom stereocenters. The predicted molar refractivity (Wildman–Crippen MR) is 72.0 cm³/mol. The van der Waals surface area contributed by atoms with Crippen molar-refractivity contribution in [1.29, 1.82) is 0 Å². The third-order valence-electron chi connectivity index (χ3n) is 4.12. The van der Waals surface area contributed by atoms with Crippen LogP contribution in [0.15, 0.2) is 18.3 Å². The monoisotopic (exact) mass is 261 g/mol. The van der Waals surface area contributed by atoms with E-state index >= 15 is 0 Å². The molecule has 1 aromatic heterocycles. The van der Waals surface area contributed by atoms with E-state index in [1.807, 2.05) is 12.1 Å². The topological polar surface area (TPSA) is 83.3 Å². The number of anilines is 1. The van der Waals surface area contributed by atoms with Gasteiger partial charge in [0.2, 0.25) is 5.91 Å². The molecule has 1 aromatic rings. The molecular formula is C13H19N5O. The Kier molecular flexibility index (Phi) is 3.35. The van der Waals surface area contributed by atoms with Gasteiger partial charge in [0.15, 0.2) is 0 Å². The molecule has 0 spiro atoms. The average Bonchev–Trinajstić information content (AvgIpc) is 2.82. The number of fused-ring (bicyclic) bond motifs is 1. The van der Waals surface area contributed by atoms with Crippen LogP contribution in [0.25, 0.3) is 0 Å². The number of likely N-dealkylation sites (tertiary alicyclic amines) is 1. The molecule has 0 saturated carbocycles. The molecule has 102 valence electrons. The van der Waals surface area contributed by atoms with E-state index in [0.717, 1.165) is 38.0 Å². The van der Waals surface area contributed by atoms with Crippen molar-refractivity contribution in [3.05, 3.63) is 23.9 Å². The normalized spacial score (nSPS) is 26.9. The largest absolute Gasteiger partial charge is 0.354 e. The van der Waals surface area contributed by atoms with Crippen molar-refractivity contribution in [2.75, 3.05) is 18.5 Å². The SMILES string of the molecule is NNc1ncccc1CN1CCCC2C(=O)NCC21. The summed E-state index contributed by atoms with van der Waals surface area (Å²) in [6.07, 6.45) is 3.79. The highest BCUT2D eigenvalue weighted by molar-refractivity contribution is 5.82. The van der Waals surface area contributed by atoms with Crippen LogP contribution in [0.5, 0.6) is 0 Å². The number of piperidine rings is 1. The Bertz CT molecular complexity index is 478. The minimum absolute atomic E-state index is 0.153. The third-order valence-corrected chi connectivity index (χ3v) is 4.12. The molecule has 3 rings (SSSR count). The van der Waals surface area contributed by atoms with Crippen LogP contribution in [0.1, 0.15) is 18.4 Å². The van der Waals surface area contributed by atoms with Crippen LogP contribution in [0.4, 0.5) is 5.82 Å². The number of nitrogens with two attached hydrogens (primary N) is 1. The maximum absolute atomic E-state index is 11.7. The molecule has 2 unspecified atom stereocenters. The number of hydrogen-bond acceptors (Lipinski definition) is 5. The number of amides is 1. The molecule has 2 saturated heterocycles. The summed E-state index contributed by atoms with van der Waals surface area (Å²) < 4.78 is 0. The second-order valence-electron chi connectivity index (χ2n) is 5.19. The zero-order chi connectivity index (χ0) is 13.2. The molecule has 2 aliphatic rings. The van der Waals surface area contributed by atoms with Crippen molar-refractivity contribution < 1.29 is 4.79 Å². The first kappa shape index (κ1) is 12.4. The summed E-state index contributed by atoms with van der Waals surface area (Å²) in [5.41, 5.74) is 3.71. The molecule has 1 amide bonds. The van der Waals surface area contributed by atoms with Gasteiger partial charge in [-0.15, -0.1) is 0 Å². The van der Waals surface area contributed by atoms with Gasteiger partial charge in [-0.05, 0) is 25.5 Å². The summed E-state index contributed by atoms with van der Waals surface area (Å²) in [6, 6.07) is 4.25. The highest BCUT2D eigenvalue weighted by Gasteiger charge is 2.40. The van der Waals surface area contributed by atoms with Crippen molar-refractivity contribution in [1.82, 2.24) is 15.2 Å². The minimum Gasteiger partial charge on any atom is -0.354 e. The lowest BCUT2D eigenvalue weighted by atomic mass is 9.91. The van der Waals surface area contributed by atoms with Crippen LogP contribution < -0.4 is 16.6 Å². The van der Waals surface area contributed by atoms with E-state index in [2.05, 4.69) is 20.6 Å². The number of nitrogen functional groups attached to an aromatic ring is 1. The maximum Gasteiger partial charge on any atom is 0.224 e.